The van der Waals surface area contributed by atoms with Crippen molar-refractivity contribution in [2.24, 2.45) is 10.9 Å². The van der Waals surface area contributed by atoms with Gasteiger partial charge < -0.3 is 24.4 Å². The standard InChI is InChI=1S/C19H29N3O4.HI/c1-14(26-17-7-5-6-16(12-17)24-3)13-21-19(20-2)22-10-8-15(9-11-22)18(23)25-4;/h5-7,12,14-15H,8-11,13H2,1-4H3,(H,20,21);1H. The number of esters is 1. The second-order valence-electron chi connectivity index (χ2n) is 6.32. The highest BCUT2D eigenvalue weighted by molar-refractivity contribution is 14.0. The van der Waals surface area contributed by atoms with Gasteiger partial charge in [-0.2, -0.15) is 0 Å². The number of methoxy groups -OCH3 is 2. The largest absolute Gasteiger partial charge is 0.497 e. The van der Waals surface area contributed by atoms with Crippen molar-refractivity contribution < 1.29 is 19.0 Å². The van der Waals surface area contributed by atoms with Gasteiger partial charge >= 0.3 is 5.97 Å². The number of aliphatic imine (C=N–C) groups is 1. The van der Waals surface area contributed by atoms with Crippen LogP contribution in [0.5, 0.6) is 11.5 Å². The first-order valence-corrected chi connectivity index (χ1v) is 8.91. The molecule has 0 aromatic heterocycles. The van der Waals surface area contributed by atoms with Crippen LogP contribution in [0.15, 0.2) is 29.3 Å². The number of nitrogens with one attached hydrogen (secondary N) is 1. The maximum atomic E-state index is 11.6. The van der Waals surface area contributed by atoms with Crippen molar-refractivity contribution in [3.05, 3.63) is 24.3 Å². The Bertz CT molecular complexity index is 619. The molecule has 2 rings (SSSR count). The van der Waals surface area contributed by atoms with Crippen LogP contribution in [0.1, 0.15) is 19.8 Å². The lowest BCUT2D eigenvalue weighted by Gasteiger charge is -2.33. The number of hydrogen-bond donors (Lipinski definition) is 1. The molecular formula is C19H30IN3O4. The number of carbonyl (C=O) groups is 1. The van der Waals surface area contributed by atoms with Crippen LogP contribution in [0, 0.1) is 5.92 Å². The van der Waals surface area contributed by atoms with Crippen LogP contribution in [-0.2, 0) is 9.53 Å². The smallest absolute Gasteiger partial charge is 0.308 e. The molecule has 7 nitrogen and oxygen atoms in total. The highest BCUT2D eigenvalue weighted by atomic mass is 127. The van der Waals surface area contributed by atoms with Crippen LogP contribution in [-0.4, -0.2) is 63.8 Å². The molecule has 1 aromatic carbocycles. The van der Waals surface area contributed by atoms with Crippen LogP contribution in [0.25, 0.3) is 0 Å². The molecule has 152 valence electrons. The molecule has 8 heteroatoms. The average Bonchev–Trinajstić information content (AvgIpc) is 2.68. The number of piperidine rings is 1. The molecule has 1 unspecified atom stereocenters. The molecule has 1 aliphatic heterocycles. The highest BCUT2D eigenvalue weighted by Crippen LogP contribution is 2.20. The van der Waals surface area contributed by atoms with E-state index in [0.29, 0.717) is 6.54 Å². The summed E-state index contributed by atoms with van der Waals surface area (Å²) in [6.45, 7) is 4.19. The van der Waals surface area contributed by atoms with Crippen molar-refractivity contribution in [2.45, 2.75) is 25.9 Å². The van der Waals surface area contributed by atoms with Crippen LogP contribution < -0.4 is 14.8 Å². The molecule has 1 fully saturated rings. The Balaban J connectivity index is 0.00000364. The van der Waals surface area contributed by atoms with Gasteiger partial charge in [0.2, 0.25) is 0 Å². The summed E-state index contributed by atoms with van der Waals surface area (Å²) < 4.78 is 16.0. The van der Waals surface area contributed by atoms with E-state index in [1.807, 2.05) is 31.2 Å². The molecule has 1 heterocycles. The van der Waals surface area contributed by atoms with Gasteiger partial charge in [-0.25, -0.2) is 0 Å². The number of nitrogens with zero attached hydrogens (tertiary/aromatic N) is 2. The number of likely N-dealkylation sites (tertiary alicyclic amines) is 1. The molecule has 0 aliphatic carbocycles. The fourth-order valence-corrected chi connectivity index (χ4v) is 3.01. The highest BCUT2D eigenvalue weighted by Gasteiger charge is 2.27. The van der Waals surface area contributed by atoms with Gasteiger partial charge in [0.1, 0.15) is 17.6 Å². The van der Waals surface area contributed by atoms with E-state index in [0.717, 1.165) is 43.4 Å². The Morgan fingerprint density at radius 2 is 1.96 bits per heavy atom. The molecule has 1 aliphatic rings. The van der Waals surface area contributed by atoms with Gasteiger partial charge in [0.15, 0.2) is 5.96 Å². The van der Waals surface area contributed by atoms with Crippen LogP contribution in [0.3, 0.4) is 0 Å². The number of benzene rings is 1. The molecule has 0 bridgehead atoms. The van der Waals surface area contributed by atoms with Crippen molar-refractivity contribution in [2.75, 3.05) is 40.9 Å². The molecule has 0 spiro atoms. The number of ether oxygens (including phenoxy) is 3. The number of carbonyl (C=O) groups excluding carboxylic acids is 1. The SMILES string of the molecule is CN=C(NCC(C)Oc1cccc(OC)c1)N1CCC(C(=O)OC)CC1.I. The Labute approximate surface area is 178 Å². The first kappa shape index (κ1) is 23.3. The van der Waals surface area contributed by atoms with E-state index in [1.54, 1.807) is 14.2 Å². The summed E-state index contributed by atoms with van der Waals surface area (Å²) >= 11 is 0. The third-order valence-electron chi connectivity index (χ3n) is 4.47. The van der Waals surface area contributed by atoms with Crippen LogP contribution in [0.4, 0.5) is 0 Å². The second kappa shape index (κ2) is 11.9. The lowest BCUT2D eigenvalue weighted by Crippen LogP contribution is -2.48. The van der Waals surface area contributed by atoms with Gasteiger partial charge in [-0.15, -0.1) is 24.0 Å². The topological polar surface area (TPSA) is 72.4 Å². The first-order valence-electron chi connectivity index (χ1n) is 8.91. The van der Waals surface area contributed by atoms with Crippen LogP contribution >= 0.6 is 24.0 Å². The fraction of sp³-hybridized carbons (Fsp3) is 0.579. The summed E-state index contributed by atoms with van der Waals surface area (Å²) in [5, 5.41) is 3.35. The Hall–Kier alpha value is -1.71. The summed E-state index contributed by atoms with van der Waals surface area (Å²) in [4.78, 5) is 18.1. The number of hydrogen-bond acceptors (Lipinski definition) is 5. The first-order chi connectivity index (χ1) is 12.6. The molecule has 0 saturated carbocycles. The van der Waals surface area contributed by atoms with Gasteiger partial charge in [0, 0.05) is 26.2 Å². The molecule has 27 heavy (non-hydrogen) atoms. The van der Waals surface area contributed by atoms with Gasteiger partial charge in [-0.1, -0.05) is 6.07 Å². The third kappa shape index (κ3) is 7.08. The predicted molar refractivity (Wildman–Crippen MR) is 116 cm³/mol. The zero-order valence-electron chi connectivity index (χ0n) is 16.4. The van der Waals surface area contributed by atoms with Gasteiger partial charge in [-0.3, -0.25) is 9.79 Å². The quantitative estimate of drug-likeness (QED) is 0.286. The number of rotatable bonds is 6. The van der Waals surface area contributed by atoms with Crippen molar-refractivity contribution in [3.8, 4) is 11.5 Å². The maximum Gasteiger partial charge on any atom is 0.308 e. The summed E-state index contributed by atoms with van der Waals surface area (Å²) in [5.74, 6) is 2.24. The summed E-state index contributed by atoms with van der Waals surface area (Å²) in [6.07, 6.45) is 1.53. The lowest BCUT2D eigenvalue weighted by atomic mass is 9.97. The zero-order valence-corrected chi connectivity index (χ0v) is 18.8. The average molecular weight is 491 g/mol. The minimum Gasteiger partial charge on any atom is -0.497 e. The van der Waals surface area contributed by atoms with E-state index in [1.165, 1.54) is 7.11 Å². The Morgan fingerprint density at radius 3 is 2.56 bits per heavy atom. The Morgan fingerprint density at radius 1 is 1.30 bits per heavy atom. The molecule has 1 aromatic rings. The maximum absolute atomic E-state index is 11.6. The number of halogens is 1. The van der Waals surface area contributed by atoms with E-state index in [4.69, 9.17) is 14.2 Å². The molecule has 0 radical (unpaired) electrons. The third-order valence-corrected chi connectivity index (χ3v) is 4.47. The van der Waals surface area contributed by atoms with E-state index >= 15 is 0 Å². The van der Waals surface area contributed by atoms with Crippen molar-refractivity contribution in [1.82, 2.24) is 10.2 Å². The minimum atomic E-state index is -0.118. The van der Waals surface area contributed by atoms with E-state index in [2.05, 4.69) is 15.2 Å². The Kier molecular flexibility index (Phi) is 10.3. The predicted octanol–water partition coefficient (Wildman–Crippen LogP) is 2.54. The lowest BCUT2D eigenvalue weighted by molar-refractivity contribution is -0.146. The fourth-order valence-electron chi connectivity index (χ4n) is 3.01. The summed E-state index contributed by atoms with van der Waals surface area (Å²) in [5.41, 5.74) is 0. The summed E-state index contributed by atoms with van der Waals surface area (Å²) in [6, 6.07) is 7.56. The van der Waals surface area contributed by atoms with Crippen molar-refractivity contribution >= 4 is 35.9 Å². The van der Waals surface area contributed by atoms with Crippen molar-refractivity contribution in [1.29, 1.82) is 0 Å². The van der Waals surface area contributed by atoms with Gasteiger partial charge in [0.25, 0.3) is 0 Å². The second-order valence-corrected chi connectivity index (χ2v) is 6.32. The zero-order chi connectivity index (χ0) is 18.9. The number of guanidine groups is 1. The molecule has 1 saturated heterocycles. The van der Waals surface area contributed by atoms with Crippen molar-refractivity contribution in [3.63, 3.8) is 0 Å². The molecule has 0 amide bonds. The van der Waals surface area contributed by atoms with E-state index in [-0.39, 0.29) is 42.0 Å². The van der Waals surface area contributed by atoms with E-state index in [9.17, 15) is 4.79 Å². The van der Waals surface area contributed by atoms with Gasteiger partial charge in [0.05, 0.1) is 26.7 Å². The summed E-state index contributed by atoms with van der Waals surface area (Å²) in [7, 11) is 4.85. The van der Waals surface area contributed by atoms with Crippen LogP contribution in [0.2, 0.25) is 0 Å². The molecule has 1 atom stereocenters. The monoisotopic (exact) mass is 491 g/mol. The molecule has 1 N–H and O–H groups in total. The minimum absolute atomic E-state index is 0. The molecular weight excluding hydrogens is 461 g/mol. The van der Waals surface area contributed by atoms with E-state index < -0.39 is 0 Å². The van der Waals surface area contributed by atoms with Gasteiger partial charge in [-0.05, 0) is 31.9 Å². The normalized spacial score (nSPS) is 16.1.